The van der Waals surface area contributed by atoms with Gasteiger partial charge in [0.25, 0.3) is 9.70 Å². The average Bonchev–Trinajstić information content (AvgIpc) is 3.02. The van der Waals surface area contributed by atoms with Gasteiger partial charge in [-0.1, -0.05) is 83.3 Å². The molecule has 2 N–H and O–H groups in total. The Labute approximate surface area is 266 Å². The van der Waals surface area contributed by atoms with Gasteiger partial charge in [-0.15, -0.1) is 0 Å². The van der Waals surface area contributed by atoms with Crippen molar-refractivity contribution in [2.75, 3.05) is 27.3 Å². The number of aliphatic hydroxyl groups excluding tert-OH is 1. The summed E-state index contributed by atoms with van der Waals surface area (Å²) in [6, 6.07) is 19.6. The van der Waals surface area contributed by atoms with Gasteiger partial charge in [0.15, 0.2) is 17.8 Å². The third-order valence-corrected chi connectivity index (χ3v) is 8.35. The van der Waals surface area contributed by atoms with Crippen molar-refractivity contribution < 1.29 is 28.8 Å². The first-order chi connectivity index (χ1) is 20.7. The molecular weight excluding hydrogens is 615 g/mol. The number of fused-ring (bicyclic) bond motifs is 1. The van der Waals surface area contributed by atoms with Crippen LogP contribution in [-0.4, -0.2) is 53.1 Å². The molecule has 230 valence electrons. The molecule has 0 aliphatic carbocycles. The molecule has 2 aliphatic heterocycles. The molecule has 0 bridgehead atoms. The molecule has 1 fully saturated rings. The zero-order valence-corrected chi connectivity index (χ0v) is 26.3. The molecule has 3 aromatic carbocycles. The van der Waals surface area contributed by atoms with Crippen molar-refractivity contribution in [3.8, 4) is 11.5 Å². The Morgan fingerprint density at radius 1 is 0.953 bits per heavy atom. The third-order valence-electron chi connectivity index (χ3n) is 7.84. The van der Waals surface area contributed by atoms with Gasteiger partial charge in [0.05, 0.1) is 33.0 Å². The molecule has 8 nitrogen and oxygen atoms in total. The highest BCUT2D eigenvalue weighted by atomic mass is 35.6. The fourth-order valence-electron chi connectivity index (χ4n) is 5.49. The lowest BCUT2D eigenvalue weighted by Gasteiger charge is -2.39. The number of alkyl halides is 3. The van der Waals surface area contributed by atoms with Crippen LogP contribution in [0.3, 0.4) is 0 Å². The number of amides is 1. The number of nitrogens with one attached hydrogen (secondary N) is 1. The van der Waals surface area contributed by atoms with E-state index in [1.165, 1.54) is 11.1 Å². The fraction of sp³-hybridized carbons (Fsp3) is 0.406. The number of hydrogen-bond acceptors (Lipinski definition) is 7. The minimum Gasteiger partial charge on any atom is -0.493 e. The van der Waals surface area contributed by atoms with Gasteiger partial charge in [-0.25, -0.2) is 0 Å². The van der Waals surface area contributed by atoms with Crippen LogP contribution in [0.1, 0.15) is 52.2 Å². The van der Waals surface area contributed by atoms with Crippen LogP contribution in [-0.2, 0) is 40.4 Å². The normalized spacial score (nSPS) is 20.7. The summed E-state index contributed by atoms with van der Waals surface area (Å²) in [5.74, 6) is 0.794. The molecule has 2 heterocycles. The van der Waals surface area contributed by atoms with Crippen molar-refractivity contribution in [3.63, 3.8) is 0 Å². The van der Waals surface area contributed by atoms with Crippen molar-refractivity contribution in [1.29, 1.82) is 0 Å². The van der Waals surface area contributed by atoms with Crippen molar-refractivity contribution in [2.24, 2.45) is 0 Å². The Hall–Kier alpha value is -2.56. The largest absolute Gasteiger partial charge is 0.493 e. The van der Waals surface area contributed by atoms with Crippen LogP contribution >= 0.6 is 34.8 Å². The fourth-order valence-corrected chi connectivity index (χ4v) is 5.69. The summed E-state index contributed by atoms with van der Waals surface area (Å²) in [6.45, 7) is 2.63. The standard InChI is InChI=1S/C32H35Cl3N2O6/c1-40-28-13-24-11-12-37(17-25(24)14-29(28)41-2)18-26-15-27(22-7-5-21(19-38)6-8-22)43-30(42-26)23-9-3-20(4-10-23)16-36-31(39)32(33,34)35/h3-10,13-14,26-27,30,38H,11-12,15-19H2,1-2H3,(H,36,39)/t26-,27+,30+/m1/s1. The Morgan fingerprint density at radius 2 is 1.58 bits per heavy atom. The number of carbonyl (C=O) groups is 1. The number of nitrogens with zero attached hydrogens (tertiary/aromatic N) is 1. The van der Waals surface area contributed by atoms with Crippen LogP contribution in [0, 0.1) is 0 Å². The van der Waals surface area contributed by atoms with Crippen molar-refractivity contribution in [2.45, 2.75) is 54.8 Å². The molecule has 11 heteroatoms. The number of rotatable bonds is 9. The molecule has 2 aliphatic rings. The second kappa shape index (κ2) is 14.0. The molecule has 0 radical (unpaired) electrons. The topological polar surface area (TPSA) is 89.5 Å². The van der Waals surface area contributed by atoms with Crippen LogP contribution < -0.4 is 14.8 Å². The number of ether oxygens (including phenoxy) is 4. The lowest BCUT2D eigenvalue weighted by molar-refractivity contribution is -0.253. The predicted octanol–water partition coefficient (Wildman–Crippen LogP) is 5.79. The number of carbonyl (C=O) groups excluding carboxylic acids is 1. The molecule has 5 rings (SSSR count). The zero-order chi connectivity index (χ0) is 30.6. The highest BCUT2D eigenvalue weighted by molar-refractivity contribution is 6.76. The van der Waals surface area contributed by atoms with Gasteiger partial charge in [0.2, 0.25) is 0 Å². The summed E-state index contributed by atoms with van der Waals surface area (Å²) in [7, 11) is 3.31. The minimum absolute atomic E-state index is 0.0122. The minimum atomic E-state index is -2.02. The van der Waals surface area contributed by atoms with Crippen molar-refractivity contribution in [1.82, 2.24) is 10.2 Å². The summed E-state index contributed by atoms with van der Waals surface area (Å²) in [5.41, 5.74) is 6.07. The van der Waals surface area contributed by atoms with E-state index in [-0.39, 0.29) is 25.4 Å². The van der Waals surface area contributed by atoms with Crippen molar-refractivity contribution in [3.05, 3.63) is 94.0 Å². The first kappa shape index (κ1) is 31.9. The smallest absolute Gasteiger partial charge is 0.272 e. The number of methoxy groups -OCH3 is 2. The van der Waals surface area contributed by atoms with Gasteiger partial charge in [-0.3, -0.25) is 9.69 Å². The van der Waals surface area contributed by atoms with Crippen molar-refractivity contribution >= 4 is 40.7 Å². The first-order valence-electron chi connectivity index (χ1n) is 14.1. The van der Waals surface area contributed by atoms with E-state index in [9.17, 15) is 9.90 Å². The third kappa shape index (κ3) is 7.94. The van der Waals surface area contributed by atoms with Gasteiger partial charge in [-0.05, 0) is 46.4 Å². The van der Waals surface area contributed by atoms with Gasteiger partial charge in [-0.2, -0.15) is 0 Å². The molecule has 0 aromatic heterocycles. The second-order valence-electron chi connectivity index (χ2n) is 10.7. The molecule has 1 saturated heterocycles. The Morgan fingerprint density at radius 3 is 2.21 bits per heavy atom. The van der Waals surface area contributed by atoms with Crippen LogP contribution in [0.15, 0.2) is 60.7 Å². The highest BCUT2D eigenvalue weighted by Gasteiger charge is 2.34. The van der Waals surface area contributed by atoms with Gasteiger partial charge < -0.3 is 29.4 Å². The molecule has 0 spiro atoms. The quantitative estimate of drug-likeness (QED) is 0.284. The van der Waals surface area contributed by atoms with E-state index in [0.717, 1.165) is 59.8 Å². The van der Waals surface area contributed by atoms with E-state index in [0.29, 0.717) is 6.42 Å². The molecule has 0 unspecified atom stereocenters. The Kier molecular flexibility index (Phi) is 10.4. The van der Waals surface area contributed by atoms with Crippen LogP contribution in [0.2, 0.25) is 0 Å². The molecule has 43 heavy (non-hydrogen) atoms. The van der Waals surface area contributed by atoms with Gasteiger partial charge in [0.1, 0.15) is 0 Å². The van der Waals surface area contributed by atoms with Gasteiger partial charge in [0, 0.05) is 38.2 Å². The molecule has 1 amide bonds. The lowest BCUT2D eigenvalue weighted by atomic mass is 9.97. The summed E-state index contributed by atoms with van der Waals surface area (Å²) < 4.78 is 22.1. The summed E-state index contributed by atoms with van der Waals surface area (Å²) in [6.07, 6.45) is 0.718. The van der Waals surface area contributed by atoms with Crippen LogP contribution in [0.25, 0.3) is 0 Å². The monoisotopic (exact) mass is 648 g/mol. The number of halogens is 3. The maximum Gasteiger partial charge on any atom is 0.272 e. The van der Waals surface area contributed by atoms with E-state index in [1.54, 1.807) is 14.2 Å². The molecular formula is C32H35Cl3N2O6. The summed E-state index contributed by atoms with van der Waals surface area (Å²) >= 11 is 17.0. The summed E-state index contributed by atoms with van der Waals surface area (Å²) in [5, 5.41) is 12.1. The Bertz CT molecular complexity index is 1400. The van der Waals surface area contributed by atoms with Crippen LogP contribution in [0.5, 0.6) is 11.5 Å². The van der Waals surface area contributed by atoms with Gasteiger partial charge >= 0.3 is 0 Å². The van der Waals surface area contributed by atoms with Crippen LogP contribution in [0.4, 0.5) is 0 Å². The van der Waals surface area contributed by atoms with E-state index in [2.05, 4.69) is 22.3 Å². The van der Waals surface area contributed by atoms with E-state index < -0.39 is 16.0 Å². The summed E-state index contributed by atoms with van der Waals surface area (Å²) in [4.78, 5) is 14.3. The maximum atomic E-state index is 11.9. The van der Waals surface area contributed by atoms with E-state index in [4.69, 9.17) is 53.8 Å². The molecule has 3 atom stereocenters. The number of aliphatic hydroxyl groups is 1. The zero-order valence-electron chi connectivity index (χ0n) is 24.0. The molecule has 0 saturated carbocycles. The predicted molar refractivity (Wildman–Crippen MR) is 166 cm³/mol. The highest BCUT2D eigenvalue weighted by Crippen LogP contribution is 2.39. The molecule has 3 aromatic rings. The number of hydrogen-bond donors (Lipinski definition) is 2. The second-order valence-corrected chi connectivity index (χ2v) is 13.0. The average molecular weight is 650 g/mol. The number of benzene rings is 3. The van der Waals surface area contributed by atoms with E-state index in [1.807, 2.05) is 48.5 Å². The Balaban J connectivity index is 1.31. The SMILES string of the molecule is COc1cc2c(cc1OC)CN(C[C@H]1C[C@@H](c3ccc(CO)cc3)O[C@@H](c3ccc(CNC(=O)C(Cl)(Cl)Cl)cc3)O1)CC2. The maximum absolute atomic E-state index is 11.9. The van der Waals surface area contributed by atoms with E-state index >= 15 is 0 Å². The first-order valence-corrected chi connectivity index (χ1v) is 15.2. The lowest BCUT2D eigenvalue weighted by Crippen LogP contribution is -2.41.